The Morgan fingerprint density at radius 1 is 1.67 bits per heavy atom. The van der Waals surface area contributed by atoms with Crippen molar-refractivity contribution in [3.8, 4) is 0 Å². The molecule has 1 unspecified atom stereocenters. The van der Waals surface area contributed by atoms with E-state index < -0.39 is 17.9 Å². The number of carbonyl (C=O) groups is 2. The Hall–Kier alpha value is -1.85. The lowest BCUT2D eigenvalue weighted by Crippen LogP contribution is -2.40. The van der Waals surface area contributed by atoms with Crippen LogP contribution in [0.5, 0.6) is 0 Å². The maximum Gasteiger partial charge on any atom is 0.326 e. The first kappa shape index (κ1) is 11.2. The number of hydrogen-bond donors (Lipinski definition) is 2. The molecule has 1 atom stereocenters. The quantitative estimate of drug-likeness (QED) is 0.735. The lowest BCUT2D eigenvalue weighted by molar-refractivity contribution is -0.139. The summed E-state index contributed by atoms with van der Waals surface area (Å²) in [5.74, 6) is -1.51. The summed E-state index contributed by atoms with van der Waals surface area (Å²) < 4.78 is 1.62. The van der Waals surface area contributed by atoms with Crippen molar-refractivity contribution < 1.29 is 14.7 Å². The molecule has 0 aromatic carbocycles. The van der Waals surface area contributed by atoms with Gasteiger partial charge in [-0.25, -0.2) is 9.78 Å². The van der Waals surface area contributed by atoms with E-state index in [1.165, 1.54) is 12.5 Å². The van der Waals surface area contributed by atoms with Gasteiger partial charge in [0.25, 0.3) is 5.91 Å². The molecule has 0 bridgehead atoms. The molecule has 0 spiro atoms. The minimum Gasteiger partial charge on any atom is -0.480 e. The summed E-state index contributed by atoms with van der Waals surface area (Å²) in [7, 11) is 1.73. The molecule has 6 nitrogen and oxygen atoms in total. The molecule has 1 aromatic rings. The highest BCUT2D eigenvalue weighted by Gasteiger charge is 2.19. The SMILES string of the molecule is CCC(NC(=O)c1cn(C)cn1)C(=O)O. The van der Waals surface area contributed by atoms with E-state index in [9.17, 15) is 9.59 Å². The summed E-state index contributed by atoms with van der Waals surface area (Å²) in [5.41, 5.74) is 0.220. The fourth-order valence-corrected chi connectivity index (χ4v) is 1.10. The highest BCUT2D eigenvalue weighted by Crippen LogP contribution is 1.97. The molecule has 1 aromatic heterocycles. The van der Waals surface area contributed by atoms with E-state index in [4.69, 9.17) is 5.11 Å². The summed E-state index contributed by atoms with van der Waals surface area (Å²) in [6, 6.07) is -0.862. The average Bonchev–Trinajstić information content (AvgIpc) is 2.60. The molecular formula is C9H13N3O3. The van der Waals surface area contributed by atoms with Gasteiger partial charge < -0.3 is 15.0 Å². The van der Waals surface area contributed by atoms with Crippen molar-refractivity contribution in [3.63, 3.8) is 0 Å². The standard InChI is InChI=1S/C9H13N3O3/c1-3-6(9(14)15)11-8(13)7-4-12(2)5-10-7/h4-6H,3H2,1-2H3,(H,11,13)(H,14,15). The molecule has 0 fully saturated rings. The number of hydrogen-bond acceptors (Lipinski definition) is 3. The second-order valence-corrected chi connectivity index (χ2v) is 3.20. The number of aryl methyl sites for hydroxylation is 1. The second kappa shape index (κ2) is 4.59. The number of nitrogens with zero attached hydrogens (tertiary/aromatic N) is 2. The largest absolute Gasteiger partial charge is 0.480 e. The van der Waals surface area contributed by atoms with Crippen molar-refractivity contribution in [2.45, 2.75) is 19.4 Å². The van der Waals surface area contributed by atoms with Crippen molar-refractivity contribution in [2.75, 3.05) is 0 Å². The zero-order chi connectivity index (χ0) is 11.4. The highest BCUT2D eigenvalue weighted by atomic mass is 16.4. The number of rotatable bonds is 4. The molecule has 0 radical (unpaired) electrons. The molecule has 6 heteroatoms. The molecule has 82 valence electrons. The number of imidazole rings is 1. The van der Waals surface area contributed by atoms with Crippen molar-refractivity contribution in [3.05, 3.63) is 18.2 Å². The molecule has 0 saturated carbocycles. The van der Waals surface area contributed by atoms with Crippen LogP contribution in [0.4, 0.5) is 0 Å². The summed E-state index contributed by atoms with van der Waals surface area (Å²) in [4.78, 5) is 26.0. The van der Waals surface area contributed by atoms with Gasteiger partial charge in [0.05, 0.1) is 6.33 Å². The monoisotopic (exact) mass is 211 g/mol. The van der Waals surface area contributed by atoms with Crippen LogP contribution in [0.25, 0.3) is 0 Å². The summed E-state index contributed by atoms with van der Waals surface area (Å²) in [5, 5.41) is 11.1. The average molecular weight is 211 g/mol. The van der Waals surface area contributed by atoms with E-state index in [0.29, 0.717) is 6.42 Å². The number of nitrogens with one attached hydrogen (secondary N) is 1. The Kier molecular flexibility index (Phi) is 3.43. The topological polar surface area (TPSA) is 84.2 Å². The smallest absolute Gasteiger partial charge is 0.326 e. The van der Waals surface area contributed by atoms with Crippen molar-refractivity contribution >= 4 is 11.9 Å². The maximum atomic E-state index is 11.5. The molecule has 1 rings (SSSR count). The lowest BCUT2D eigenvalue weighted by Gasteiger charge is -2.10. The normalized spacial score (nSPS) is 12.1. The Morgan fingerprint density at radius 2 is 2.33 bits per heavy atom. The van der Waals surface area contributed by atoms with Crippen LogP contribution in [0, 0.1) is 0 Å². The van der Waals surface area contributed by atoms with Crippen LogP contribution in [0.1, 0.15) is 23.8 Å². The third-order valence-corrected chi connectivity index (χ3v) is 1.95. The molecule has 1 heterocycles. The van der Waals surface area contributed by atoms with Crippen LogP contribution in [0.2, 0.25) is 0 Å². The zero-order valence-corrected chi connectivity index (χ0v) is 8.60. The van der Waals surface area contributed by atoms with E-state index >= 15 is 0 Å². The second-order valence-electron chi connectivity index (χ2n) is 3.20. The van der Waals surface area contributed by atoms with Crippen LogP contribution in [0.15, 0.2) is 12.5 Å². The van der Waals surface area contributed by atoms with Crippen LogP contribution in [-0.2, 0) is 11.8 Å². The number of carboxylic acid groups (broad SMARTS) is 1. The van der Waals surface area contributed by atoms with Crippen molar-refractivity contribution in [1.82, 2.24) is 14.9 Å². The fraction of sp³-hybridized carbons (Fsp3) is 0.444. The minimum atomic E-state index is -1.04. The highest BCUT2D eigenvalue weighted by molar-refractivity contribution is 5.94. The summed E-state index contributed by atoms with van der Waals surface area (Å²) in [6.45, 7) is 1.69. The number of carbonyl (C=O) groups excluding carboxylic acids is 1. The van der Waals surface area contributed by atoms with Crippen LogP contribution in [0.3, 0.4) is 0 Å². The fourth-order valence-electron chi connectivity index (χ4n) is 1.10. The number of amides is 1. The third kappa shape index (κ3) is 2.80. The van der Waals surface area contributed by atoms with Gasteiger partial charge in [0, 0.05) is 13.2 Å². The Bertz CT molecular complexity index is 372. The van der Waals surface area contributed by atoms with Gasteiger partial charge in [-0.2, -0.15) is 0 Å². The predicted octanol–water partition coefficient (Wildman–Crippen LogP) is 0.0131. The van der Waals surface area contributed by atoms with Gasteiger partial charge in [0.15, 0.2) is 0 Å². The maximum absolute atomic E-state index is 11.5. The number of aromatic nitrogens is 2. The lowest BCUT2D eigenvalue weighted by atomic mass is 10.2. The predicted molar refractivity (Wildman–Crippen MR) is 52.4 cm³/mol. The molecular weight excluding hydrogens is 198 g/mol. The van der Waals surface area contributed by atoms with Gasteiger partial charge in [-0.05, 0) is 6.42 Å². The number of carboxylic acids is 1. The molecule has 2 N–H and O–H groups in total. The van der Waals surface area contributed by atoms with E-state index in [1.54, 1.807) is 18.5 Å². The zero-order valence-electron chi connectivity index (χ0n) is 8.60. The van der Waals surface area contributed by atoms with Crippen LogP contribution >= 0.6 is 0 Å². The molecule has 0 aliphatic rings. The molecule has 0 aliphatic carbocycles. The minimum absolute atomic E-state index is 0.220. The van der Waals surface area contributed by atoms with Crippen molar-refractivity contribution in [2.24, 2.45) is 7.05 Å². The first-order chi connectivity index (χ1) is 7.04. The van der Waals surface area contributed by atoms with Gasteiger partial charge in [0.1, 0.15) is 11.7 Å². The van der Waals surface area contributed by atoms with E-state index in [2.05, 4.69) is 10.3 Å². The molecule has 15 heavy (non-hydrogen) atoms. The third-order valence-electron chi connectivity index (χ3n) is 1.95. The van der Waals surface area contributed by atoms with Crippen LogP contribution in [-0.4, -0.2) is 32.6 Å². The van der Waals surface area contributed by atoms with Gasteiger partial charge >= 0.3 is 5.97 Å². The first-order valence-corrected chi connectivity index (χ1v) is 4.56. The Labute approximate surface area is 86.9 Å². The van der Waals surface area contributed by atoms with E-state index in [1.807, 2.05) is 0 Å². The van der Waals surface area contributed by atoms with Gasteiger partial charge in [-0.3, -0.25) is 4.79 Å². The molecule has 0 aliphatic heterocycles. The first-order valence-electron chi connectivity index (χ1n) is 4.56. The van der Waals surface area contributed by atoms with Gasteiger partial charge in [-0.1, -0.05) is 6.92 Å². The summed E-state index contributed by atoms with van der Waals surface area (Å²) >= 11 is 0. The summed E-state index contributed by atoms with van der Waals surface area (Å²) in [6.07, 6.45) is 3.36. The molecule has 0 saturated heterocycles. The Balaban J connectivity index is 2.66. The van der Waals surface area contributed by atoms with Crippen molar-refractivity contribution in [1.29, 1.82) is 0 Å². The Morgan fingerprint density at radius 3 is 2.73 bits per heavy atom. The van der Waals surface area contributed by atoms with E-state index in [-0.39, 0.29) is 5.69 Å². The van der Waals surface area contributed by atoms with E-state index in [0.717, 1.165) is 0 Å². The molecule has 1 amide bonds. The van der Waals surface area contributed by atoms with Crippen LogP contribution < -0.4 is 5.32 Å². The van der Waals surface area contributed by atoms with Gasteiger partial charge in [-0.15, -0.1) is 0 Å². The van der Waals surface area contributed by atoms with Gasteiger partial charge in [0.2, 0.25) is 0 Å². The number of aliphatic carboxylic acids is 1.